The molecule has 3 unspecified atom stereocenters. The summed E-state index contributed by atoms with van der Waals surface area (Å²) in [6.45, 7) is 4.52. The molecule has 1 amide bonds. The molecule has 0 fully saturated rings. The van der Waals surface area contributed by atoms with Gasteiger partial charge in [0, 0.05) is 43.8 Å². The van der Waals surface area contributed by atoms with Gasteiger partial charge in [0.25, 0.3) is 5.91 Å². The van der Waals surface area contributed by atoms with Gasteiger partial charge in [-0.2, -0.15) is 39.5 Å². The lowest BCUT2D eigenvalue weighted by molar-refractivity contribution is -0.140. The van der Waals surface area contributed by atoms with Crippen molar-refractivity contribution in [3.8, 4) is 0 Å². The van der Waals surface area contributed by atoms with E-state index in [2.05, 4.69) is 6.58 Å². The zero-order valence-corrected chi connectivity index (χ0v) is 22.9. The summed E-state index contributed by atoms with van der Waals surface area (Å²) in [5, 5.41) is 1.50. The summed E-state index contributed by atoms with van der Waals surface area (Å²) in [6.07, 6.45) is -14.0. The van der Waals surface area contributed by atoms with Crippen LogP contribution in [-0.4, -0.2) is 40.0 Å². The maximum absolute atomic E-state index is 15.0. The van der Waals surface area contributed by atoms with Crippen molar-refractivity contribution in [1.29, 1.82) is 0 Å². The first-order valence-electron chi connectivity index (χ1n) is 11.1. The van der Waals surface area contributed by atoms with Gasteiger partial charge in [-0.05, 0) is 42.8 Å². The van der Waals surface area contributed by atoms with E-state index in [0.717, 1.165) is 19.1 Å². The summed E-state index contributed by atoms with van der Waals surface area (Å²) in [7, 11) is -2.49. The molecule has 0 radical (unpaired) electrons. The van der Waals surface area contributed by atoms with Crippen molar-refractivity contribution in [3.05, 3.63) is 80.8 Å². The third kappa shape index (κ3) is 9.74. The Morgan fingerprint density at radius 1 is 1.02 bits per heavy atom. The zero-order valence-electron chi connectivity index (χ0n) is 20.6. The molecule has 1 N–H and O–H groups in total. The molecule has 0 saturated carbocycles. The van der Waals surface area contributed by atoms with Gasteiger partial charge in [0.1, 0.15) is 17.5 Å². The first kappa shape index (κ1) is 34.6. The second-order valence-electron chi connectivity index (χ2n) is 8.63. The van der Waals surface area contributed by atoms with Gasteiger partial charge in [-0.15, -0.1) is 0 Å². The molecular formula is C25H19Cl2F10NO2S. The van der Waals surface area contributed by atoms with Gasteiger partial charge in [-0.25, -0.2) is 4.39 Å². The molecule has 226 valence electrons. The molecule has 0 aliphatic rings. The molecule has 0 aromatic heterocycles. The van der Waals surface area contributed by atoms with E-state index in [1.54, 1.807) is 0 Å². The lowest BCUT2D eigenvalue weighted by Gasteiger charge is -2.20. The lowest BCUT2D eigenvalue weighted by Crippen LogP contribution is -2.38. The Bertz CT molecular complexity index is 1330. The molecule has 0 heterocycles. The van der Waals surface area contributed by atoms with Gasteiger partial charge in [0.05, 0.1) is 11.1 Å². The normalized spacial score (nSPS) is 15.3. The summed E-state index contributed by atoms with van der Waals surface area (Å²) < 4.78 is 146. The van der Waals surface area contributed by atoms with Gasteiger partial charge < -0.3 is 5.32 Å². The van der Waals surface area contributed by atoms with E-state index in [0.29, 0.717) is 12.1 Å². The Labute approximate surface area is 239 Å². The second kappa shape index (κ2) is 13.2. The molecule has 0 aliphatic carbocycles. The maximum atomic E-state index is 15.0. The lowest BCUT2D eigenvalue weighted by atomic mass is 9.94. The Kier molecular flexibility index (Phi) is 11.1. The van der Waals surface area contributed by atoms with Crippen molar-refractivity contribution in [2.75, 3.05) is 11.5 Å². The number of alkyl halides is 9. The van der Waals surface area contributed by atoms with Crippen LogP contribution in [0.15, 0.2) is 43.0 Å². The molecule has 3 atom stereocenters. The van der Waals surface area contributed by atoms with Crippen molar-refractivity contribution < 1.29 is 52.9 Å². The largest absolute Gasteiger partial charge is 0.417 e. The summed E-state index contributed by atoms with van der Waals surface area (Å²) in [4.78, 5) is 12.5. The number of benzene rings is 2. The van der Waals surface area contributed by atoms with Crippen LogP contribution in [0.3, 0.4) is 0 Å². The summed E-state index contributed by atoms with van der Waals surface area (Å²) in [5.41, 5.74) is -4.29. The quantitative estimate of drug-likeness (QED) is 0.274. The van der Waals surface area contributed by atoms with E-state index in [1.807, 2.05) is 5.32 Å². The fourth-order valence-corrected chi connectivity index (χ4v) is 5.37. The van der Waals surface area contributed by atoms with Gasteiger partial charge >= 0.3 is 18.5 Å². The van der Waals surface area contributed by atoms with Crippen LogP contribution in [0.2, 0.25) is 10.0 Å². The number of amides is 1. The number of hydrogen-bond donors (Lipinski definition) is 1. The molecule has 3 nitrogen and oxygen atoms in total. The Hall–Kier alpha value is -2.58. The van der Waals surface area contributed by atoms with E-state index in [9.17, 15) is 48.5 Å². The van der Waals surface area contributed by atoms with E-state index in [4.69, 9.17) is 23.2 Å². The Morgan fingerprint density at radius 2 is 1.59 bits per heavy atom. The zero-order chi connectivity index (χ0) is 31.5. The topological polar surface area (TPSA) is 46.2 Å². The first-order chi connectivity index (χ1) is 18.6. The van der Waals surface area contributed by atoms with Gasteiger partial charge in [0.15, 0.2) is 0 Å². The fraction of sp³-hybridized carbons (Fsp3) is 0.320. The van der Waals surface area contributed by atoms with Crippen molar-refractivity contribution in [1.82, 2.24) is 5.32 Å². The number of halogens is 12. The van der Waals surface area contributed by atoms with Crippen molar-refractivity contribution in [2.24, 2.45) is 0 Å². The Morgan fingerprint density at radius 3 is 2.05 bits per heavy atom. The van der Waals surface area contributed by atoms with Crippen LogP contribution in [0.1, 0.15) is 45.5 Å². The molecule has 0 saturated heterocycles. The monoisotopic (exact) mass is 657 g/mol. The molecule has 2 aromatic rings. The fourth-order valence-electron chi connectivity index (χ4n) is 3.59. The molecule has 2 rings (SSSR count). The minimum absolute atomic E-state index is 0.0167. The maximum Gasteiger partial charge on any atom is 0.417 e. The predicted octanol–water partition coefficient (Wildman–Crippen LogP) is 8.74. The second-order valence-corrected chi connectivity index (χ2v) is 11.0. The number of allylic oxidation sites excluding steroid dienone is 1. The molecule has 16 heteroatoms. The number of rotatable bonds is 9. The highest BCUT2D eigenvalue weighted by atomic mass is 35.5. The van der Waals surface area contributed by atoms with Crippen LogP contribution in [0.5, 0.6) is 0 Å². The molecule has 2 aromatic carbocycles. The van der Waals surface area contributed by atoms with E-state index < -0.39 is 86.8 Å². The molecule has 0 spiro atoms. The Balaban J connectivity index is 2.46. The molecular weight excluding hydrogens is 639 g/mol. The standard InChI is InChI=1S/C25H19Cl2F10NO2S/c1-3-15-19(26)7-14(8-20(15)27)17(24(32,33)34)9-21(28)13-4-5-16(18(6-13)25(35,36)37)22(39)38-12(2)10-41(40)11-23(29,30)31/h3-9,12,17H,1,10-11H2,2H3,(H,38,39)/b21-9-. The minimum atomic E-state index is -5.30. The SMILES string of the molecule is C=Cc1c(Cl)cc(C(/C=C(\F)c2ccc(C(=O)NC(C)CS(=O)CC(F)(F)F)c(C(F)(F)F)c2)C(F)(F)F)cc1Cl. The van der Waals surface area contributed by atoms with Crippen molar-refractivity contribution in [2.45, 2.75) is 37.4 Å². The summed E-state index contributed by atoms with van der Waals surface area (Å²) >= 11 is 11.9. The molecule has 0 bridgehead atoms. The number of hydrogen-bond acceptors (Lipinski definition) is 2. The average molecular weight is 658 g/mol. The van der Waals surface area contributed by atoms with Gasteiger partial charge in [-0.1, -0.05) is 41.9 Å². The van der Waals surface area contributed by atoms with Crippen LogP contribution < -0.4 is 5.32 Å². The third-order valence-electron chi connectivity index (χ3n) is 5.31. The highest BCUT2D eigenvalue weighted by Crippen LogP contribution is 2.42. The average Bonchev–Trinajstić information content (AvgIpc) is 2.78. The van der Waals surface area contributed by atoms with E-state index in [1.165, 1.54) is 6.08 Å². The highest BCUT2D eigenvalue weighted by molar-refractivity contribution is 7.85. The molecule has 0 aliphatic heterocycles. The molecule has 41 heavy (non-hydrogen) atoms. The summed E-state index contributed by atoms with van der Waals surface area (Å²) in [6, 6.07) is 1.67. The number of nitrogens with one attached hydrogen (secondary N) is 1. The summed E-state index contributed by atoms with van der Waals surface area (Å²) in [5.74, 6) is -8.28. The first-order valence-corrected chi connectivity index (χ1v) is 13.4. The minimum Gasteiger partial charge on any atom is -0.349 e. The smallest absolute Gasteiger partial charge is 0.349 e. The number of carbonyl (C=O) groups excluding carboxylic acids is 1. The van der Waals surface area contributed by atoms with E-state index >= 15 is 4.39 Å². The van der Waals surface area contributed by atoms with Gasteiger partial charge in [0.2, 0.25) is 0 Å². The van der Waals surface area contributed by atoms with Crippen molar-refractivity contribution in [3.63, 3.8) is 0 Å². The predicted molar refractivity (Wildman–Crippen MR) is 137 cm³/mol. The van der Waals surface area contributed by atoms with Crippen LogP contribution in [-0.2, 0) is 17.0 Å². The van der Waals surface area contributed by atoms with Crippen molar-refractivity contribution >= 4 is 51.8 Å². The van der Waals surface area contributed by atoms with E-state index in [-0.39, 0.29) is 27.8 Å². The third-order valence-corrected chi connectivity index (χ3v) is 7.46. The van der Waals surface area contributed by atoms with Crippen LogP contribution >= 0.6 is 23.2 Å². The van der Waals surface area contributed by atoms with Crippen LogP contribution in [0.4, 0.5) is 43.9 Å². The highest BCUT2D eigenvalue weighted by Gasteiger charge is 2.41. The van der Waals surface area contributed by atoms with Crippen LogP contribution in [0, 0.1) is 0 Å². The number of carbonyl (C=O) groups is 1. The van der Waals surface area contributed by atoms with Crippen LogP contribution in [0.25, 0.3) is 11.9 Å². The van der Waals surface area contributed by atoms with Gasteiger partial charge in [-0.3, -0.25) is 9.00 Å².